The molecule has 1 N–H and O–H groups in total. The first kappa shape index (κ1) is 15.6. The zero-order chi connectivity index (χ0) is 13.8. The van der Waals surface area contributed by atoms with Crippen molar-refractivity contribution in [1.82, 2.24) is 4.98 Å². The van der Waals surface area contributed by atoms with Crippen LogP contribution >= 0.6 is 15.9 Å². The first-order chi connectivity index (χ1) is 8.31. The van der Waals surface area contributed by atoms with Gasteiger partial charge in [-0.2, -0.15) is 0 Å². The van der Waals surface area contributed by atoms with E-state index in [1.54, 1.807) is 6.20 Å². The van der Waals surface area contributed by atoms with Gasteiger partial charge >= 0.3 is 0 Å². The molecule has 0 saturated heterocycles. The van der Waals surface area contributed by atoms with E-state index in [0.717, 1.165) is 22.9 Å². The number of halogens is 1. The number of aromatic nitrogens is 1. The van der Waals surface area contributed by atoms with Gasteiger partial charge in [-0.25, -0.2) is 0 Å². The van der Waals surface area contributed by atoms with Gasteiger partial charge in [0.25, 0.3) is 0 Å². The van der Waals surface area contributed by atoms with E-state index in [9.17, 15) is 5.11 Å². The van der Waals surface area contributed by atoms with E-state index < -0.39 is 5.60 Å². The molecule has 2 nitrogen and oxygen atoms in total. The second-order valence-electron chi connectivity index (χ2n) is 6.11. The van der Waals surface area contributed by atoms with Crippen LogP contribution in [0.4, 0.5) is 0 Å². The van der Waals surface area contributed by atoms with Gasteiger partial charge in [0, 0.05) is 23.3 Å². The fraction of sp³-hybridized carbons (Fsp3) is 0.667. The summed E-state index contributed by atoms with van der Waals surface area (Å²) < 4.78 is 0.969. The Morgan fingerprint density at radius 2 is 1.72 bits per heavy atom. The van der Waals surface area contributed by atoms with Crippen molar-refractivity contribution < 1.29 is 5.11 Å². The normalized spacial score (nSPS) is 12.4. The smallest absolute Gasteiger partial charge is 0.0693 e. The van der Waals surface area contributed by atoms with Crippen LogP contribution in [0, 0.1) is 11.8 Å². The van der Waals surface area contributed by atoms with Crippen LogP contribution in [-0.4, -0.2) is 15.7 Å². The van der Waals surface area contributed by atoms with Gasteiger partial charge in [-0.05, 0) is 52.2 Å². The van der Waals surface area contributed by atoms with Crippen LogP contribution in [0.25, 0.3) is 0 Å². The molecule has 18 heavy (non-hydrogen) atoms. The van der Waals surface area contributed by atoms with Crippen molar-refractivity contribution in [2.75, 3.05) is 0 Å². The highest BCUT2D eigenvalue weighted by Gasteiger charge is 2.29. The van der Waals surface area contributed by atoms with E-state index in [4.69, 9.17) is 0 Å². The molecule has 0 unspecified atom stereocenters. The summed E-state index contributed by atoms with van der Waals surface area (Å²) in [5.74, 6) is 0.989. The van der Waals surface area contributed by atoms with E-state index in [-0.39, 0.29) is 0 Å². The maximum Gasteiger partial charge on any atom is 0.0693 e. The van der Waals surface area contributed by atoms with Crippen molar-refractivity contribution in [2.45, 2.75) is 52.6 Å². The van der Waals surface area contributed by atoms with Gasteiger partial charge < -0.3 is 5.11 Å². The minimum absolute atomic E-state index is 0.494. The highest BCUT2D eigenvalue weighted by molar-refractivity contribution is 9.10. The fourth-order valence-electron chi connectivity index (χ4n) is 2.68. The summed E-state index contributed by atoms with van der Waals surface area (Å²) in [7, 11) is 0. The minimum atomic E-state index is -0.620. The molecule has 1 aromatic heterocycles. The third-order valence-corrected chi connectivity index (χ3v) is 3.30. The molecular formula is C15H24BrNO. The lowest BCUT2D eigenvalue weighted by Crippen LogP contribution is -2.35. The van der Waals surface area contributed by atoms with E-state index in [0.29, 0.717) is 18.3 Å². The Balaban J connectivity index is 2.83. The molecule has 0 aliphatic carbocycles. The highest BCUT2D eigenvalue weighted by atomic mass is 79.9. The Labute approximate surface area is 119 Å². The first-order valence-electron chi connectivity index (χ1n) is 6.62. The van der Waals surface area contributed by atoms with Crippen molar-refractivity contribution in [3.05, 3.63) is 28.5 Å². The summed E-state index contributed by atoms with van der Waals surface area (Å²) in [6.45, 7) is 8.63. The monoisotopic (exact) mass is 313 g/mol. The summed E-state index contributed by atoms with van der Waals surface area (Å²) in [4.78, 5) is 4.17. The Morgan fingerprint density at radius 1 is 1.17 bits per heavy atom. The predicted octanol–water partition coefficient (Wildman–Crippen LogP) is 4.21. The fourth-order valence-corrected chi connectivity index (χ4v) is 3.09. The minimum Gasteiger partial charge on any atom is -0.390 e. The zero-order valence-corrected chi connectivity index (χ0v) is 13.4. The van der Waals surface area contributed by atoms with Gasteiger partial charge in [0.2, 0.25) is 0 Å². The van der Waals surface area contributed by atoms with Gasteiger partial charge in [-0.3, -0.25) is 4.98 Å². The SMILES string of the molecule is CC(C)CC(O)(Cc1cncc(Br)c1)CC(C)C. The van der Waals surface area contributed by atoms with E-state index in [2.05, 4.69) is 48.6 Å². The number of hydrogen-bond donors (Lipinski definition) is 1. The van der Waals surface area contributed by atoms with Gasteiger partial charge in [0.15, 0.2) is 0 Å². The van der Waals surface area contributed by atoms with Crippen molar-refractivity contribution in [3.8, 4) is 0 Å². The maximum absolute atomic E-state index is 10.9. The molecule has 0 bridgehead atoms. The third kappa shape index (κ3) is 5.49. The van der Waals surface area contributed by atoms with Crippen LogP contribution in [-0.2, 0) is 6.42 Å². The molecule has 3 heteroatoms. The van der Waals surface area contributed by atoms with Crippen molar-refractivity contribution in [1.29, 1.82) is 0 Å². The molecule has 0 fully saturated rings. The summed E-state index contributed by atoms with van der Waals surface area (Å²) in [5, 5.41) is 10.9. The number of rotatable bonds is 6. The van der Waals surface area contributed by atoms with Gasteiger partial charge in [-0.15, -0.1) is 0 Å². The van der Waals surface area contributed by atoms with Crippen molar-refractivity contribution in [2.24, 2.45) is 11.8 Å². The van der Waals surface area contributed by atoms with Gasteiger partial charge in [0.1, 0.15) is 0 Å². The average Bonchev–Trinajstić information content (AvgIpc) is 2.13. The van der Waals surface area contributed by atoms with Crippen LogP contribution in [0.3, 0.4) is 0 Å². The predicted molar refractivity (Wildman–Crippen MR) is 79.5 cm³/mol. The van der Waals surface area contributed by atoms with Crippen molar-refractivity contribution >= 4 is 15.9 Å². The summed E-state index contributed by atoms with van der Waals surface area (Å²) >= 11 is 3.43. The topological polar surface area (TPSA) is 33.1 Å². The first-order valence-corrected chi connectivity index (χ1v) is 7.42. The lowest BCUT2D eigenvalue weighted by atomic mass is 9.81. The molecule has 0 saturated carbocycles. The number of nitrogens with zero attached hydrogens (tertiary/aromatic N) is 1. The largest absolute Gasteiger partial charge is 0.390 e. The molecular weight excluding hydrogens is 290 g/mol. The van der Waals surface area contributed by atoms with Gasteiger partial charge in [0.05, 0.1) is 5.60 Å². The molecule has 0 aromatic carbocycles. The van der Waals surface area contributed by atoms with Crippen LogP contribution in [0.1, 0.15) is 46.1 Å². The molecule has 0 spiro atoms. The lowest BCUT2D eigenvalue weighted by Gasteiger charge is -2.31. The zero-order valence-electron chi connectivity index (χ0n) is 11.8. The molecule has 0 aliphatic rings. The summed E-state index contributed by atoms with van der Waals surface area (Å²) in [6, 6.07) is 2.04. The van der Waals surface area contributed by atoms with Crippen LogP contribution in [0.5, 0.6) is 0 Å². The number of pyridine rings is 1. The van der Waals surface area contributed by atoms with E-state index in [1.807, 2.05) is 12.3 Å². The van der Waals surface area contributed by atoms with Crippen LogP contribution in [0.2, 0.25) is 0 Å². The Kier molecular flexibility index (Phi) is 5.80. The van der Waals surface area contributed by atoms with Crippen molar-refractivity contribution in [3.63, 3.8) is 0 Å². The number of hydrogen-bond acceptors (Lipinski definition) is 2. The Morgan fingerprint density at radius 3 is 2.17 bits per heavy atom. The lowest BCUT2D eigenvalue weighted by molar-refractivity contribution is 0.000671. The van der Waals surface area contributed by atoms with Crippen LogP contribution < -0.4 is 0 Å². The second kappa shape index (κ2) is 6.67. The third-order valence-electron chi connectivity index (χ3n) is 2.87. The Hall–Kier alpha value is -0.410. The molecule has 0 aliphatic heterocycles. The second-order valence-corrected chi connectivity index (χ2v) is 7.02. The molecule has 1 rings (SSSR count). The van der Waals surface area contributed by atoms with Gasteiger partial charge in [-0.1, -0.05) is 27.7 Å². The molecule has 102 valence electrons. The summed E-state index contributed by atoms with van der Waals surface area (Å²) in [6.07, 6.45) is 5.95. The standard InChI is InChI=1S/C15H24BrNO/c1-11(2)6-15(18,7-12(3)4)8-13-5-14(16)10-17-9-13/h5,9-12,18H,6-8H2,1-4H3. The highest BCUT2D eigenvalue weighted by Crippen LogP contribution is 2.29. The molecule has 1 heterocycles. The molecule has 0 amide bonds. The average molecular weight is 314 g/mol. The maximum atomic E-state index is 10.9. The van der Waals surface area contributed by atoms with E-state index >= 15 is 0 Å². The van der Waals surface area contributed by atoms with E-state index in [1.165, 1.54) is 0 Å². The Bertz CT molecular complexity index is 367. The molecule has 0 atom stereocenters. The summed E-state index contributed by atoms with van der Waals surface area (Å²) in [5.41, 5.74) is 0.471. The van der Waals surface area contributed by atoms with Crippen LogP contribution in [0.15, 0.2) is 22.9 Å². The molecule has 1 aromatic rings. The number of aliphatic hydroxyl groups is 1. The molecule has 0 radical (unpaired) electrons. The quantitative estimate of drug-likeness (QED) is 0.853.